The molecular formula is C32H27O5P. The number of carbonyl (C=O) groups is 3. The maximum absolute atomic E-state index is 14.6. The van der Waals surface area contributed by atoms with Gasteiger partial charge in [-0.25, -0.2) is 9.59 Å². The second kappa shape index (κ2) is 12.2. The van der Waals surface area contributed by atoms with Crippen LogP contribution in [0.2, 0.25) is 0 Å². The molecule has 0 aliphatic heterocycles. The van der Waals surface area contributed by atoms with Crippen molar-refractivity contribution in [2.75, 3.05) is 14.2 Å². The summed E-state index contributed by atoms with van der Waals surface area (Å²) in [5, 5.41) is 2.72. The Morgan fingerprint density at radius 2 is 0.974 bits per heavy atom. The third kappa shape index (κ3) is 5.15. The Morgan fingerprint density at radius 1 is 0.579 bits per heavy atom. The van der Waals surface area contributed by atoms with E-state index in [1.807, 2.05) is 97.1 Å². The summed E-state index contributed by atoms with van der Waals surface area (Å²) < 4.78 is 10.1. The summed E-state index contributed by atoms with van der Waals surface area (Å²) in [6.07, 6.45) is 1.06. The Bertz CT molecular complexity index is 1410. The van der Waals surface area contributed by atoms with Crippen molar-refractivity contribution in [3.8, 4) is 0 Å². The van der Waals surface area contributed by atoms with Crippen LogP contribution >= 0.6 is 6.89 Å². The largest absolute Gasteiger partial charge is 0.466 e. The highest BCUT2D eigenvalue weighted by Crippen LogP contribution is 2.48. The zero-order valence-electron chi connectivity index (χ0n) is 21.1. The number of rotatable bonds is 8. The van der Waals surface area contributed by atoms with Crippen LogP contribution in [0.3, 0.4) is 0 Å². The quantitative estimate of drug-likeness (QED) is 0.149. The molecule has 4 aromatic carbocycles. The number of ether oxygens (including phenoxy) is 2. The predicted molar refractivity (Wildman–Crippen MR) is 153 cm³/mol. The molecule has 0 amide bonds. The van der Waals surface area contributed by atoms with Crippen molar-refractivity contribution in [1.29, 1.82) is 0 Å². The highest BCUT2D eigenvalue weighted by Gasteiger charge is 2.38. The first-order valence-electron chi connectivity index (χ1n) is 12.0. The fourth-order valence-corrected chi connectivity index (χ4v) is 8.96. The molecule has 0 bridgehead atoms. The van der Waals surface area contributed by atoms with Gasteiger partial charge in [-0.1, -0.05) is 121 Å². The van der Waals surface area contributed by atoms with E-state index in [4.69, 9.17) is 9.47 Å². The molecule has 0 heterocycles. The van der Waals surface area contributed by atoms with Crippen LogP contribution in [0.5, 0.6) is 0 Å². The summed E-state index contributed by atoms with van der Waals surface area (Å²) >= 11 is 0. The van der Waals surface area contributed by atoms with Gasteiger partial charge < -0.3 is 9.47 Å². The molecule has 0 unspecified atom stereocenters. The van der Waals surface area contributed by atoms with Crippen LogP contribution in [0.4, 0.5) is 0 Å². The molecule has 0 spiro atoms. The molecule has 4 aromatic rings. The van der Waals surface area contributed by atoms with Crippen LogP contribution in [0.1, 0.15) is 10.4 Å². The summed E-state index contributed by atoms with van der Waals surface area (Å²) in [4.78, 5) is 40.7. The molecule has 190 valence electrons. The van der Waals surface area contributed by atoms with Crippen molar-refractivity contribution in [3.63, 3.8) is 0 Å². The fraction of sp³-hybridized carbons (Fsp3) is 0.0625. The summed E-state index contributed by atoms with van der Waals surface area (Å²) in [6.45, 7) is -3.08. The zero-order valence-corrected chi connectivity index (χ0v) is 22.0. The van der Waals surface area contributed by atoms with Gasteiger partial charge in [0.25, 0.3) is 0 Å². The Balaban J connectivity index is 2.37. The highest BCUT2D eigenvalue weighted by atomic mass is 31.2. The van der Waals surface area contributed by atoms with Crippen LogP contribution in [0.25, 0.3) is 0 Å². The van der Waals surface area contributed by atoms with Crippen molar-refractivity contribution < 1.29 is 23.9 Å². The molecule has 0 aliphatic carbocycles. The second-order valence-corrected chi connectivity index (χ2v) is 11.6. The van der Waals surface area contributed by atoms with Gasteiger partial charge in [0.05, 0.1) is 19.8 Å². The molecule has 0 saturated carbocycles. The Kier molecular flexibility index (Phi) is 8.52. The average molecular weight is 523 g/mol. The van der Waals surface area contributed by atoms with Gasteiger partial charge in [0, 0.05) is 16.9 Å². The van der Waals surface area contributed by atoms with E-state index in [0.29, 0.717) is 5.56 Å². The second-order valence-electron chi connectivity index (χ2n) is 8.29. The SMILES string of the molecule is COC(=O)/C=C(\C(=O)OC)C(C(=O)c1ccccc1)=P(c1ccccc1)(c1ccccc1)c1ccccc1. The smallest absolute Gasteiger partial charge is 0.338 e. The lowest BCUT2D eigenvalue weighted by atomic mass is 10.0. The van der Waals surface area contributed by atoms with Crippen LogP contribution in [0.15, 0.2) is 133 Å². The van der Waals surface area contributed by atoms with E-state index in [0.717, 1.165) is 22.0 Å². The first-order valence-corrected chi connectivity index (χ1v) is 13.7. The Morgan fingerprint density at radius 3 is 1.34 bits per heavy atom. The monoisotopic (exact) mass is 522 g/mol. The first-order chi connectivity index (χ1) is 18.5. The number of esters is 2. The van der Waals surface area contributed by atoms with Gasteiger partial charge in [-0.2, -0.15) is 0 Å². The lowest BCUT2D eigenvalue weighted by Gasteiger charge is -2.33. The third-order valence-corrected chi connectivity index (χ3v) is 10.5. The molecule has 0 atom stereocenters. The van der Waals surface area contributed by atoms with E-state index in [2.05, 4.69) is 0 Å². The summed E-state index contributed by atoms with van der Waals surface area (Å²) in [5.41, 5.74) is 0.243. The molecule has 0 aromatic heterocycles. The standard InChI is InChI=1S/C32H27O5P/c1-36-29(33)23-28(32(35)37-2)31(30(34)24-15-7-3-8-16-24)38(25-17-9-4-10-18-25,26-19-11-5-12-20-26)27-21-13-6-14-22-27/h3-23H,1-2H3/b28-23-. The van der Waals surface area contributed by atoms with Gasteiger partial charge in [0.2, 0.25) is 0 Å². The summed E-state index contributed by atoms with van der Waals surface area (Å²) in [6, 6.07) is 37.6. The molecule has 38 heavy (non-hydrogen) atoms. The van der Waals surface area contributed by atoms with Crippen molar-refractivity contribution in [1.82, 2.24) is 0 Å². The Hall–Kier alpha value is -4.47. The highest BCUT2D eigenvalue weighted by molar-refractivity contribution is 7.97. The molecule has 0 aliphatic rings. The summed E-state index contributed by atoms with van der Waals surface area (Å²) in [5.74, 6) is -1.95. The van der Waals surface area contributed by atoms with Gasteiger partial charge in [-0.15, -0.1) is 0 Å². The zero-order chi connectivity index (χ0) is 27.0. The van der Waals surface area contributed by atoms with Crippen molar-refractivity contribution in [2.24, 2.45) is 0 Å². The van der Waals surface area contributed by atoms with Crippen LogP contribution in [-0.2, 0) is 19.1 Å². The molecule has 0 radical (unpaired) electrons. The predicted octanol–water partition coefficient (Wildman–Crippen LogP) is 4.31. The van der Waals surface area contributed by atoms with Gasteiger partial charge in [-0.05, 0) is 22.8 Å². The van der Waals surface area contributed by atoms with Crippen molar-refractivity contribution in [3.05, 3.63) is 139 Å². The normalized spacial score (nSPS) is 11.4. The molecule has 0 fully saturated rings. The number of Topliss-reactive ketones (excluding diaryl/α,β-unsaturated/α-hetero) is 1. The van der Waals surface area contributed by atoms with Gasteiger partial charge in [0.15, 0.2) is 5.78 Å². The number of ketones is 1. The van der Waals surface area contributed by atoms with E-state index in [-0.39, 0.29) is 16.6 Å². The molecule has 4 rings (SSSR count). The number of hydrogen-bond acceptors (Lipinski definition) is 5. The van der Waals surface area contributed by atoms with Gasteiger partial charge in [0.1, 0.15) is 0 Å². The minimum atomic E-state index is -3.08. The maximum Gasteiger partial charge on any atom is 0.338 e. The van der Waals surface area contributed by atoms with E-state index in [1.54, 1.807) is 24.3 Å². The first kappa shape index (κ1) is 26.6. The topological polar surface area (TPSA) is 69.7 Å². The number of methoxy groups -OCH3 is 2. The van der Waals surface area contributed by atoms with Crippen LogP contribution in [0, 0.1) is 0 Å². The van der Waals surface area contributed by atoms with E-state index < -0.39 is 18.8 Å². The third-order valence-electron chi connectivity index (χ3n) is 6.14. The van der Waals surface area contributed by atoms with Crippen LogP contribution < -0.4 is 15.9 Å². The Labute approximate surface area is 222 Å². The lowest BCUT2D eigenvalue weighted by molar-refractivity contribution is -0.138. The molecule has 0 N–H and O–H groups in total. The minimum absolute atomic E-state index is 0.141. The fourth-order valence-electron chi connectivity index (χ4n) is 4.48. The van der Waals surface area contributed by atoms with E-state index in [1.165, 1.54) is 14.2 Å². The molecule has 6 heteroatoms. The number of hydrogen-bond donors (Lipinski definition) is 0. The van der Waals surface area contributed by atoms with Gasteiger partial charge >= 0.3 is 11.9 Å². The average Bonchev–Trinajstić information content (AvgIpc) is 3.00. The number of benzene rings is 4. The van der Waals surface area contributed by atoms with Gasteiger partial charge in [-0.3, -0.25) is 4.79 Å². The molecule has 0 saturated heterocycles. The minimum Gasteiger partial charge on any atom is -0.466 e. The van der Waals surface area contributed by atoms with Crippen molar-refractivity contribution in [2.45, 2.75) is 0 Å². The summed E-state index contributed by atoms with van der Waals surface area (Å²) in [7, 11) is 2.45. The van der Waals surface area contributed by atoms with Crippen LogP contribution in [-0.4, -0.2) is 37.2 Å². The van der Waals surface area contributed by atoms with E-state index >= 15 is 0 Å². The van der Waals surface area contributed by atoms with Crippen molar-refractivity contribution >= 4 is 45.8 Å². The molecular weight excluding hydrogens is 495 g/mol. The molecule has 5 nitrogen and oxygen atoms in total. The maximum atomic E-state index is 14.6. The van der Waals surface area contributed by atoms with E-state index in [9.17, 15) is 14.4 Å². The lowest BCUT2D eigenvalue weighted by Crippen LogP contribution is -2.36. The number of carbonyl (C=O) groups excluding carboxylic acids is 3.